The molecule has 2 heterocycles. The van der Waals surface area contributed by atoms with E-state index in [1.165, 1.54) is 23.1 Å². The molecule has 0 bridgehead atoms. The minimum atomic E-state index is -3.72. The number of hydrogen-bond acceptors (Lipinski definition) is 5. The van der Waals surface area contributed by atoms with E-state index in [-0.39, 0.29) is 53.8 Å². The van der Waals surface area contributed by atoms with Crippen LogP contribution in [-0.2, 0) is 14.4 Å². The molecule has 3 aliphatic rings. The number of benzene rings is 1. The van der Waals surface area contributed by atoms with Crippen molar-refractivity contribution in [1.82, 2.24) is 4.90 Å². The summed E-state index contributed by atoms with van der Waals surface area (Å²) in [6.45, 7) is 0.0130. The Morgan fingerprint density at radius 2 is 1.74 bits per heavy atom. The van der Waals surface area contributed by atoms with Crippen LogP contribution in [0.2, 0.25) is 0 Å². The minimum Gasteiger partial charge on any atom is -0.395 e. The van der Waals surface area contributed by atoms with E-state index in [1.807, 2.05) is 0 Å². The summed E-state index contributed by atoms with van der Waals surface area (Å²) >= 11 is 0. The highest BCUT2D eigenvalue weighted by Gasteiger charge is 2.48. The summed E-state index contributed by atoms with van der Waals surface area (Å²) in [5.41, 5.74) is 0.257. The molecule has 0 spiro atoms. The van der Waals surface area contributed by atoms with Gasteiger partial charge in [0.05, 0.1) is 11.8 Å². The number of fused-ring (bicyclic) bond motifs is 2. The quantitative estimate of drug-likeness (QED) is 0.812. The van der Waals surface area contributed by atoms with Gasteiger partial charge >= 0.3 is 6.29 Å². The van der Waals surface area contributed by atoms with Crippen LogP contribution < -0.4 is 14.8 Å². The molecule has 2 aliphatic heterocycles. The van der Waals surface area contributed by atoms with Gasteiger partial charge in [0.1, 0.15) is 0 Å². The van der Waals surface area contributed by atoms with Crippen molar-refractivity contribution in [1.29, 1.82) is 0 Å². The highest BCUT2D eigenvalue weighted by molar-refractivity contribution is 6.05. The summed E-state index contributed by atoms with van der Waals surface area (Å²) in [7, 11) is 0. The molecule has 1 aromatic rings. The lowest BCUT2D eigenvalue weighted by Crippen LogP contribution is -2.34. The molecule has 1 aliphatic carbocycles. The van der Waals surface area contributed by atoms with Gasteiger partial charge in [-0.2, -0.15) is 0 Å². The Bertz CT molecular complexity index is 789. The summed E-state index contributed by atoms with van der Waals surface area (Å²) in [6.07, 6.45) is -0.464. The third-order valence-electron chi connectivity index (χ3n) is 5.18. The summed E-state index contributed by atoms with van der Waals surface area (Å²) in [4.78, 5) is 38.1. The molecular formula is C18H18F2N2O5. The zero-order chi connectivity index (χ0) is 19.2. The summed E-state index contributed by atoms with van der Waals surface area (Å²) in [5.74, 6) is -1.60. The second-order valence-corrected chi connectivity index (χ2v) is 6.95. The number of nitrogens with one attached hydrogen (secondary N) is 1. The highest BCUT2D eigenvalue weighted by Crippen LogP contribution is 2.42. The lowest BCUT2D eigenvalue weighted by molar-refractivity contribution is -0.286. The van der Waals surface area contributed by atoms with Crippen LogP contribution in [0.25, 0.3) is 0 Å². The van der Waals surface area contributed by atoms with Crippen LogP contribution in [0.15, 0.2) is 18.2 Å². The van der Waals surface area contributed by atoms with Crippen LogP contribution in [0.4, 0.5) is 14.5 Å². The average molecular weight is 380 g/mol. The number of anilines is 1. The van der Waals surface area contributed by atoms with E-state index in [0.717, 1.165) is 25.7 Å². The molecule has 27 heavy (non-hydrogen) atoms. The van der Waals surface area contributed by atoms with Gasteiger partial charge in [0.2, 0.25) is 17.7 Å². The van der Waals surface area contributed by atoms with Gasteiger partial charge in [-0.25, -0.2) is 0 Å². The molecule has 1 saturated heterocycles. The molecule has 2 atom stereocenters. The molecule has 1 saturated carbocycles. The van der Waals surface area contributed by atoms with Gasteiger partial charge in [-0.3, -0.25) is 19.3 Å². The van der Waals surface area contributed by atoms with E-state index in [2.05, 4.69) is 14.8 Å². The zero-order valence-corrected chi connectivity index (χ0v) is 14.4. The van der Waals surface area contributed by atoms with Crippen LogP contribution in [0.1, 0.15) is 32.1 Å². The number of carbonyl (C=O) groups excluding carboxylic acids is 3. The Morgan fingerprint density at radius 1 is 1.11 bits per heavy atom. The number of likely N-dealkylation sites (tertiary alicyclic amines) is 1. The number of ether oxygens (including phenoxy) is 2. The third-order valence-corrected chi connectivity index (χ3v) is 5.18. The fourth-order valence-electron chi connectivity index (χ4n) is 3.91. The predicted molar refractivity (Wildman–Crippen MR) is 88.1 cm³/mol. The number of hydrogen-bond donors (Lipinski definition) is 1. The summed E-state index contributed by atoms with van der Waals surface area (Å²) < 4.78 is 34.7. The van der Waals surface area contributed by atoms with E-state index in [1.54, 1.807) is 0 Å². The van der Waals surface area contributed by atoms with Crippen molar-refractivity contribution in [2.24, 2.45) is 11.8 Å². The number of amides is 3. The van der Waals surface area contributed by atoms with E-state index in [4.69, 9.17) is 0 Å². The van der Waals surface area contributed by atoms with Crippen molar-refractivity contribution in [2.75, 3.05) is 11.9 Å². The summed E-state index contributed by atoms with van der Waals surface area (Å²) in [6, 6.07) is 3.90. The molecule has 7 nitrogen and oxygen atoms in total. The van der Waals surface area contributed by atoms with Crippen molar-refractivity contribution in [3.63, 3.8) is 0 Å². The topological polar surface area (TPSA) is 84.9 Å². The smallest absolute Gasteiger partial charge is 0.395 e. The first kappa shape index (κ1) is 17.7. The van der Waals surface area contributed by atoms with Gasteiger partial charge < -0.3 is 14.8 Å². The zero-order valence-electron chi connectivity index (χ0n) is 14.4. The van der Waals surface area contributed by atoms with Gasteiger partial charge in [-0.1, -0.05) is 12.8 Å². The first-order valence-electron chi connectivity index (χ1n) is 8.89. The van der Waals surface area contributed by atoms with Gasteiger partial charge in [-0.15, -0.1) is 8.78 Å². The van der Waals surface area contributed by atoms with Crippen LogP contribution in [-0.4, -0.2) is 35.5 Å². The maximum Gasteiger partial charge on any atom is 0.586 e. The van der Waals surface area contributed by atoms with Crippen molar-refractivity contribution < 1.29 is 32.6 Å². The molecule has 144 valence electrons. The first-order valence-corrected chi connectivity index (χ1v) is 8.89. The normalized spacial score (nSPS) is 25.5. The lowest BCUT2D eigenvalue weighted by atomic mass is 9.81. The van der Waals surface area contributed by atoms with Crippen molar-refractivity contribution in [3.05, 3.63) is 18.2 Å². The summed E-state index contributed by atoms with van der Waals surface area (Å²) in [5, 5.41) is 2.55. The van der Waals surface area contributed by atoms with Crippen LogP contribution in [0.5, 0.6) is 11.5 Å². The van der Waals surface area contributed by atoms with Crippen molar-refractivity contribution in [3.8, 4) is 11.5 Å². The molecular weight excluding hydrogens is 362 g/mol. The number of carbonyl (C=O) groups is 3. The standard InChI is InChI=1S/C18H18F2N2O5/c19-18(20)26-13-6-5-10(9-14(13)27-18)21-15(23)7-8-22-16(24)11-3-1-2-4-12(11)17(22)25/h5-6,9,11-12H,1-4,7-8H2,(H,21,23). The Morgan fingerprint density at radius 3 is 2.41 bits per heavy atom. The fourth-order valence-corrected chi connectivity index (χ4v) is 3.91. The Hall–Kier alpha value is -2.71. The first-order chi connectivity index (χ1) is 12.8. The van der Waals surface area contributed by atoms with E-state index >= 15 is 0 Å². The molecule has 9 heteroatoms. The Labute approximate surface area is 153 Å². The second kappa shape index (κ2) is 6.47. The molecule has 0 radical (unpaired) electrons. The fraction of sp³-hybridized carbons (Fsp3) is 0.500. The van der Waals surface area contributed by atoms with E-state index in [9.17, 15) is 23.2 Å². The number of imide groups is 1. The van der Waals surface area contributed by atoms with Gasteiger partial charge in [-0.05, 0) is 25.0 Å². The maximum atomic E-state index is 13.0. The van der Waals surface area contributed by atoms with Gasteiger partial charge in [0.25, 0.3) is 0 Å². The number of nitrogens with zero attached hydrogens (tertiary/aromatic N) is 1. The van der Waals surface area contributed by atoms with E-state index < -0.39 is 12.2 Å². The van der Waals surface area contributed by atoms with Gasteiger partial charge in [0.15, 0.2) is 11.5 Å². The lowest BCUT2D eigenvalue weighted by Gasteiger charge is -2.19. The molecule has 2 unspecified atom stereocenters. The molecule has 4 rings (SSSR count). The van der Waals surface area contributed by atoms with Crippen molar-refractivity contribution >= 4 is 23.4 Å². The Kier molecular flexibility index (Phi) is 4.24. The third kappa shape index (κ3) is 3.33. The number of halogens is 2. The minimum absolute atomic E-state index is 0.0130. The molecule has 1 aromatic carbocycles. The average Bonchev–Trinajstić information content (AvgIpc) is 3.06. The monoisotopic (exact) mass is 380 g/mol. The van der Waals surface area contributed by atoms with Crippen LogP contribution >= 0.6 is 0 Å². The highest BCUT2D eigenvalue weighted by atomic mass is 19.3. The molecule has 2 fully saturated rings. The SMILES string of the molecule is O=C(CCN1C(=O)C2CCCCC2C1=O)Nc1ccc2c(c1)OC(F)(F)O2. The largest absolute Gasteiger partial charge is 0.586 e. The number of alkyl halides is 2. The second-order valence-electron chi connectivity index (χ2n) is 6.95. The molecule has 1 N–H and O–H groups in total. The van der Waals surface area contributed by atoms with Crippen LogP contribution in [0, 0.1) is 11.8 Å². The molecule has 0 aromatic heterocycles. The Balaban J connectivity index is 1.34. The van der Waals surface area contributed by atoms with Gasteiger partial charge in [0, 0.05) is 24.7 Å². The van der Waals surface area contributed by atoms with Crippen LogP contribution in [0.3, 0.4) is 0 Å². The van der Waals surface area contributed by atoms with E-state index in [0.29, 0.717) is 0 Å². The van der Waals surface area contributed by atoms with Crippen molar-refractivity contribution in [2.45, 2.75) is 38.4 Å². The molecule has 3 amide bonds. The predicted octanol–water partition coefficient (Wildman–Crippen LogP) is 2.51. The maximum absolute atomic E-state index is 13.0. The number of rotatable bonds is 4.